The van der Waals surface area contributed by atoms with Gasteiger partial charge < -0.3 is 0 Å². The van der Waals surface area contributed by atoms with E-state index in [-0.39, 0.29) is 6.04 Å². The first-order valence-corrected chi connectivity index (χ1v) is 7.64. The molecule has 1 atom stereocenters. The monoisotopic (exact) mass is 286 g/mol. The van der Waals surface area contributed by atoms with Crippen molar-refractivity contribution in [3.05, 3.63) is 41.7 Å². The minimum atomic E-state index is 0.0315. The molecule has 6 heteroatoms. The van der Waals surface area contributed by atoms with Crippen LogP contribution in [0.3, 0.4) is 0 Å². The molecule has 1 saturated carbocycles. The molecule has 1 fully saturated rings. The van der Waals surface area contributed by atoms with E-state index in [1.807, 2.05) is 22.9 Å². The van der Waals surface area contributed by atoms with Gasteiger partial charge in [0.2, 0.25) is 0 Å². The second-order valence-electron chi connectivity index (χ2n) is 5.72. The predicted octanol–water partition coefficient (Wildman–Crippen LogP) is 1.81. The summed E-state index contributed by atoms with van der Waals surface area (Å²) in [4.78, 5) is 0. The Hall–Kier alpha value is -1.79. The van der Waals surface area contributed by atoms with E-state index in [0.29, 0.717) is 12.5 Å². The van der Waals surface area contributed by atoms with Gasteiger partial charge in [0, 0.05) is 0 Å². The van der Waals surface area contributed by atoms with Crippen molar-refractivity contribution in [2.75, 3.05) is 0 Å². The van der Waals surface area contributed by atoms with E-state index in [1.54, 1.807) is 0 Å². The van der Waals surface area contributed by atoms with E-state index in [1.165, 1.54) is 37.7 Å². The third-order valence-electron chi connectivity index (χ3n) is 4.31. The van der Waals surface area contributed by atoms with Crippen LogP contribution in [0.15, 0.2) is 30.3 Å². The van der Waals surface area contributed by atoms with Crippen LogP contribution in [0.5, 0.6) is 0 Å². The molecule has 3 rings (SSSR count). The second kappa shape index (κ2) is 6.78. The van der Waals surface area contributed by atoms with Crippen molar-refractivity contribution in [3.63, 3.8) is 0 Å². The van der Waals surface area contributed by atoms with Crippen LogP contribution in [0.25, 0.3) is 0 Å². The third kappa shape index (κ3) is 3.28. The molecule has 112 valence electrons. The Morgan fingerprint density at radius 3 is 2.67 bits per heavy atom. The maximum Gasteiger partial charge on any atom is 0.170 e. The number of tetrazole rings is 1. The first-order chi connectivity index (χ1) is 10.4. The van der Waals surface area contributed by atoms with Gasteiger partial charge in [-0.3, -0.25) is 5.84 Å². The van der Waals surface area contributed by atoms with Gasteiger partial charge in [-0.25, -0.2) is 10.1 Å². The summed E-state index contributed by atoms with van der Waals surface area (Å²) in [5.74, 6) is 7.16. The van der Waals surface area contributed by atoms with Crippen LogP contribution in [-0.4, -0.2) is 20.2 Å². The fourth-order valence-electron chi connectivity index (χ4n) is 3.19. The van der Waals surface area contributed by atoms with Gasteiger partial charge >= 0.3 is 0 Å². The van der Waals surface area contributed by atoms with Crippen molar-refractivity contribution >= 4 is 0 Å². The number of hydrogen-bond acceptors (Lipinski definition) is 5. The fraction of sp³-hybridized carbons (Fsp3) is 0.533. The molecule has 1 aromatic carbocycles. The lowest BCUT2D eigenvalue weighted by atomic mass is 9.84. The zero-order chi connectivity index (χ0) is 14.5. The van der Waals surface area contributed by atoms with Crippen molar-refractivity contribution in [2.24, 2.45) is 11.8 Å². The molecule has 21 heavy (non-hydrogen) atoms. The first kappa shape index (κ1) is 14.2. The maximum absolute atomic E-state index is 5.80. The number of hydrazine groups is 1. The van der Waals surface area contributed by atoms with Crippen LogP contribution in [0.1, 0.15) is 49.5 Å². The Bertz CT molecular complexity index is 546. The van der Waals surface area contributed by atoms with Gasteiger partial charge in [0.1, 0.15) is 0 Å². The van der Waals surface area contributed by atoms with Crippen LogP contribution in [0, 0.1) is 5.92 Å². The molecule has 0 aliphatic heterocycles. The smallest absolute Gasteiger partial charge is 0.170 e. The second-order valence-corrected chi connectivity index (χ2v) is 5.72. The average molecular weight is 286 g/mol. The highest BCUT2D eigenvalue weighted by molar-refractivity contribution is 5.15. The number of nitrogens with two attached hydrogens (primary N) is 1. The Morgan fingerprint density at radius 1 is 1.19 bits per heavy atom. The lowest BCUT2D eigenvalue weighted by Gasteiger charge is -2.28. The van der Waals surface area contributed by atoms with Crippen LogP contribution in [0.4, 0.5) is 0 Å². The largest absolute Gasteiger partial charge is 0.271 e. The summed E-state index contributed by atoms with van der Waals surface area (Å²) in [6.45, 7) is 0.675. The zero-order valence-corrected chi connectivity index (χ0v) is 12.2. The Balaban J connectivity index is 1.79. The van der Waals surface area contributed by atoms with Crippen molar-refractivity contribution in [2.45, 2.75) is 44.7 Å². The highest BCUT2D eigenvalue weighted by Gasteiger charge is 2.28. The van der Waals surface area contributed by atoms with E-state index in [0.717, 1.165) is 5.82 Å². The Labute approximate surface area is 124 Å². The molecule has 0 amide bonds. The molecule has 2 aromatic rings. The van der Waals surface area contributed by atoms with Gasteiger partial charge in [-0.05, 0) is 34.7 Å². The molecule has 1 aliphatic carbocycles. The van der Waals surface area contributed by atoms with Gasteiger partial charge in [-0.2, -0.15) is 0 Å². The highest BCUT2D eigenvalue weighted by atomic mass is 15.5. The summed E-state index contributed by atoms with van der Waals surface area (Å²) < 4.78 is 1.86. The lowest BCUT2D eigenvalue weighted by Crippen LogP contribution is -2.36. The minimum absolute atomic E-state index is 0.0315. The summed E-state index contributed by atoms with van der Waals surface area (Å²) in [6, 6.07) is 10.3. The highest BCUT2D eigenvalue weighted by Crippen LogP contribution is 2.33. The lowest BCUT2D eigenvalue weighted by molar-refractivity contribution is 0.259. The number of aromatic nitrogens is 4. The molecular weight excluding hydrogens is 264 g/mol. The standard InChI is InChI=1S/C15H22N6/c16-17-14(13-9-5-2-6-10-13)15-18-19-20-21(15)11-12-7-3-1-4-8-12/h1,3-4,7-8,13-14,17H,2,5-6,9-11,16H2. The topological polar surface area (TPSA) is 81.7 Å². The van der Waals surface area contributed by atoms with E-state index in [9.17, 15) is 0 Å². The molecule has 0 saturated heterocycles. The maximum atomic E-state index is 5.80. The van der Waals surface area contributed by atoms with Gasteiger partial charge in [0.15, 0.2) is 5.82 Å². The predicted molar refractivity (Wildman–Crippen MR) is 80.0 cm³/mol. The molecule has 0 bridgehead atoms. The van der Waals surface area contributed by atoms with Crippen LogP contribution < -0.4 is 11.3 Å². The summed E-state index contributed by atoms with van der Waals surface area (Å²) in [6.07, 6.45) is 6.23. The average Bonchev–Trinajstić information content (AvgIpc) is 2.98. The summed E-state index contributed by atoms with van der Waals surface area (Å²) in [5.41, 5.74) is 4.12. The molecule has 3 N–H and O–H groups in total. The Kier molecular flexibility index (Phi) is 4.57. The number of nitrogens with one attached hydrogen (secondary N) is 1. The molecule has 0 spiro atoms. The Morgan fingerprint density at radius 2 is 1.95 bits per heavy atom. The van der Waals surface area contributed by atoms with Crippen LogP contribution >= 0.6 is 0 Å². The van der Waals surface area contributed by atoms with Crippen molar-refractivity contribution in [1.29, 1.82) is 0 Å². The molecule has 1 unspecified atom stereocenters. The van der Waals surface area contributed by atoms with E-state index < -0.39 is 0 Å². The van der Waals surface area contributed by atoms with Crippen LogP contribution in [0.2, 0.25) is 0 Å². The van der Waals surface area contributed by atoms with Gasteiger partial charge in [-0.15, -0.1) is 5.10 Å². The third-order valence-corrected chi connectivity index (χ3v) is 4.31. The molecule has 0 radical (unpaired) electrons. The van der Waals surface area contributed by atoms with Gasteiger partial charge in [-0.1, -0.05) is 49.6 Å². The van der Waals surface area contributed by atoms with E-state index >= 15 is 0 Å². The summed E-state index contributed by atoms with van der Waals surface area (Å²) in [5, 5.41) is 12.2. The number of hydrogen-bond donors (Lipinski definition) is 2. The quantitative estimate of drug-likeness (QED) is 0.647. The molecule has 1 heterocycles. The molecular formula is C15H22N6. The normalized spacial score (nSPS) is 17.8. The van der Waals surface area contributed by atoms with Gasteiger partial charge in [0.05, 0.1) is 12.6 Å². The molecule has 1 aliphatic rings. The van der Waals surface area contributed by atoms with Crippen molar-refractivity contribution < 1.29 is 0 Å². The molecule has 1 aromatic heterocycles. The van der Waals surface area contributed by atoms with Crippen molar-refractivity contribution in [3.8, 4) is 0 Å². The number of benzene rings is 1. The molecule has 6 nitrogen and oxygen atoms in total. The van der Waals surface area contributed by atoms with E-state index in [4.69, 9.17) is 5.84 Å². The number of nitrogens with zero attached hydrogens (tertiary/aromatic N) is 4. The van der Waals surface area contributed by atoms with Crippen LogP contribution in [-0.2, 0) is 6.54 Å². The zero-order valence-electron chi connectivity index (χ0n) is 12.2. The van der Waals surface area contributed by atoms with Gasteiger partial charge in [0.25, 0.3) is 0 Å². The SMILES string of the molecule is NNC(c1nnnn1Cc1ccccc1)C1CCCCC1. The summed E-state index contributed by atoms with van der Waals surface area (Å²) in [7, 11) is 0. The van der Waals surface area contributed by atoms with E-state index in [2.05, 4.69) is 33.1 Å². The first-order valence-electron chi connectivity index (χ1n) is 7.64. The van der Waals surface area contributed by atoms with Crippen molar-refractivity contribution in [1.82, 2.24) is 25.6 Å². The minimum Gasteiger partial charge on any atom is -0.271 e. The number of rotatable bonds is 5. The summed E-state index contributed by atoms with van der Waals surface area (Å²) >= 11 is 0. The fourth-order valence-corrected chi connectivity index (χ4v) is 3.19.